The van der Waals surface area contributed by atoms with Gasteiger partial charge in [0, 0.05) is 5.56 Å². The summed E-state index contributed by atoms with van der Waals surface area (Å²) in [6.45, 7) is 2.03. The lowest BCUT2D eigenvalue weighted by atomic mass is 10.2. The summed E-state index contributed by atoms with van der Waals surface area (Å²) in [6.07, 6.45) is 1.59. The predicted molar refractivity (Wildman–Crippen MR) is 67.3 cm³/mol. The Balaban J connectivity index is 2.42. The average molecular weight is 245 g/mol. The molecular formula is C14H15NO3. The maximum atomic E-state index is 11.6. The van der Waals surface area contributed by atoms with Gasteiger partial charge in [0.25, 0.3) is 0 Å². The number of benzene rings is 1. The fourth-order valence-electron chi connectivity index (χ4n) is 1.71. The molecule has 0 N–H and O–H groups in total. The van der Waals surface area contributed by atoms with Gasteiger partial charge in [-0.1, -0.05) is 31.5 Å². The molecule has 0 fully saturated rings. The van der Waals surface area contributed by atoms with E-state index >= 15 is 0 Å². The van der Waals surface area contributed by atoms with E-state index in [1.807, 2.05) is 37.3 Å². The number of esters is 1. The monoisotopic (exact) mass is 245 g/mol. The third kappa shape index (κ3) is 2.42. The van der Waals surface area contributed by atoms with E-state index < -0.39 is 5.97 Å². The molecule has 2 rings (SSSR count). The van der Waals surface area contributed by atoms with Crippen molar-refractivity contribution in [1.82, 2.24) is 4.98 Å². The van der Waals surface area contributed by atoms with E-state index in [0.717, 1.165) is 12.0 Å². The Kier molecular flexibility index (Phi) is 3.77. The molecule has 0 radical (unpaired) electrons. The first-order valence-electron chi connectivity index (χ1n) is 5.89. The molecule has 0 aliphatic rings. The first-order valence-corrected chi connectivity index (χ1v) is 5.89. The third-order valence-corrected chi connectivity index (χ3v) is 2.58. The minimum atomic E-state index is -0.479. The molecule has 18 heavy (non-hydrogen) atoms. The lowest BCUT2D eigenvalue weighted by Crippen LogP contribution is -2.03. The highest BCUT2D eigenvalue weighted by atomic mass is 16.5. The molecule has 0 saturated heterocycles. The van der Waals surface area contributed by atoms with Crippen LogP contribution in [0.3, 0.4) is 0 Å². The number of hydrogen-bond acceptors (Lipinski definition) is 4. The van der Waals surface area contributed by atoms with Gasteiger partial charge in [-0.2, -0.15) is 0 Å². The van der Waals surface area contributed by atoms with Gasteiger partial charge in [-0.15, -0.1) is 0 Å². The van der Waals surface area contributed by atoms with Crippen molar-refractivity contribution in [3.8, 4) is 11.5 Å². The Bertz CT molecular complexity index is 531. The van der Waals surface area contributed by atoms with Crippen LogP contribution in [0.25, 0.3) is 11.5 Å². The summed E-state index contributed by atoms with van der Waals surface area (Å²) in [5.74, 6) is 0.186. The molecule has 0 atom stereocenters. The van der Waals surface area contributed by atoms with E-state index in [1.54, 1.807) is 0 Å². The minimum Gasteiger partial charge on any atom is -0.463 e. The summed E-state index contributed by atoms with van der Waals surface area (Å²) in [7, 11) is 1.34. The highest BCUT2D eigenvalue weighted by molar-refractivity contribution is 5.87. The molecule has 4 heteroatoms. The normalized spacial score (nSPS) is 10.3. The Labute approximate surface area is 106 Å². The van der Waals surface area contributed by atoms with Crippen molar-refractivity contribution in [3.05, 3.63) is 41.8 Å². The Hall–Kier alpha value is -2.10. The van der Waals surface area contributed by atoms with Crippen LogP contribution >= 0.6 is 0 Å². The lowest BCUT2D eigenvalue weighted by Gasteiger charge is -1.96. The minimum absolute atomic E-state index is 0.207. The number of aromatic nitrogens is 1. The highest BCUT2D eigenvalue weighted by Gasteiger charge is 2.20. The van der Waals surface area contributed by atoms with Gasteiger partial charge in [0.15, 0.2) is 0 Å². The van der Waals surface area contributed by atoms with Crippen molar-refractivity contribution in [1.29, 1.82) is 0 Å². The zero-order valence-corrected chi connectivity index (χ0v) is 10.5. The van der Waals surface area contributed by atoms with Gasteiger partial charge < -0.3 is 9.15 Å². The van der Waals surface area contributed by atoms with Crippen LogP contribution in [0.4, 0.5) is 0 Å². The second-order valence-corrected chi connectivity index (χ2v) is 3.90. The molecule has 0 spiro atoms. The Morgan fingerprint density at radius 2 is 2.06 bits per heavy atom. The van der Waals surface area contributed by atoms with Crippen LogP contribution in [0, 0.1) is 0 Å². The summed E-state index contributed by atoms with van der Waals surface area (Å²) >= 11 is 0. The number of methoxy groups -OCH3 is 1. The third-order valence-electron chi connectivity index (χ3n) is 2.58. The van der Waals surface area contributed by atoms with E-state index in [-0.39, 0.29) is 5.76 Å². The maximum absolute atomic E-state index is 11.6. The van der Waals surface area contributed by atoms with Gasteiger partial charge in [0.05, 0.1) is 12.8 Å². The van der Waals surface area contributed by atoms with Crippen molar-refractivity contribution in [3.63, 3.8) is 0 Å². The van der Waals surface area contributed by atoms with Gasteiger partial charge >= 0.3 is 5.97 Å². The molecule has 0 aliphatic heterocycles. The molecule has 1 heterocycles. The number of aryl methyl sites for hydroxylation is 1. The molecule has 94 valence electrons. The molecule has 2 aromatic rings. The first kappa shape index (κ1) is 12.4. The number of oxazole rings is 1. The summed E-state index contributed by atoms with van der Waals surface area (Å²) in [4.78, 5) is 16.0. The van der Waals surface area contributed by atoms with Crippen molar-refractivity contribution >= 4 is 5.97 Å². The van der Waals surface area contributed by atoms with Gasteiger partial charge in [0.1, 0.15) is 0 Å². The van der Waals surface area contributed by atoms with Crippen molar-refractivity contribution < 1.29 is 13.9 Å². The standard InChI is InChI=1S/C14H15NO3/c1-3-7-11-12(14(16)17-2)18-13(15-11)10-8-5-4-6-9-10/h4-6,8-9H,3,7H2,1-2H3. The fraction of sp³-hybridized carbons (Fsp3) is 0.286. The molecule has 0 amide bonds. The highest BCUT2D eigenvalue weighted by Crippen LogP contribution is 2.23. The van der Waals surface area contributed by atoms with Gasteiger partial charge in [-0.05, 0) is 18.6 Å². The molecule has 0 bridgehead atoms. The largest absolute Gasteiger partial charge is 0.463 e. The quantitative estimate of drug-likeness (QED) is 0.777. The van der Waals surface area contributed by atoms with Crippen LogP contribution in [-0.4, -0.2) is 18.1 Å². The second-order valence-electron chi connectivity index (χ2n) is 3.90. The summed E-state index contributed by atoms with van der Waals surface area (Å²) in [6, 6.07) is 9.50. The Morgan fingerprint density at radius 1 is 1.33 bits per heavy atom. The summed E-state index contributed by atoms with van der Waals surface area (Å²) in [5.41, 5.74) is 1.51. The number of carbonyl (C=O) groups excluding carboxylic acids is 1. The maximum Gasteiger partial charge on any atom is 0.376 e. The molecule has 0 aliphatic carbocycles. The van der Waals surface area contributed by atoms with E-state index in [4.69, 9.17) is 9.15 Å². The molecular weight excluding hydrogens is 230 g/mol. The van der Waals surface area contributed by atoms with Crippen LogP contribution in [0.15, 0.2) is 34.7 Å². The zero-order valence-electron chi connectivity index (χ0n) is 10.5. The molecule has 0 unspecified atom stereocenters. The fourth-order valence-corrected chi connectivity index (χ4v) is 1.71. The first-order chi connectivity index (χ1) is 8.76. The lowest BCUT2D eigenvalue weighted by molar-refractivity contribution is 0.0564. The van der Waals surface area contributed by atoms with Crippen LogP contribution in [0.1, 0.15) is 29.6 Å². The van der Waals surface area contributed by atoms with Crippen molar-refractivity contribution in [2.75, 3.05) is 7.11 Å². The molecule has 1 aromatic carbocycles. The predicted octanol–water partition coefficient (Wildman–Crippen LogP) is 3.08. The molecule has 4 nitrogen and oxygen atoms in total. The Morgan fingerprint density at radius 3 is 2.67 bits per heavy atom. The number of carbonyl (C=O) groups is 1. The number of rotatable bonds is 4. The average Bonchev–Trinajstić information content (AvgIpc) is 2.83. The van der Waals surface area contributed by atoms with Gasteiger partial charge in [0.2, 0.25) is 11.7 Å². The topological polar surface area (TPSA) is 52.3 Å². The number of hydrogen-bond donors (Lipinski definition) is 0. The number of nitrogens with zero attached hydrogens (tertiary/aromatic N) is 1. The van der Waals surface area contributed by atoms with Crippen LogP contribution < -0.4 is 0 Å². The summed E-state index contributed by atoms with van der Waals surface area (Å²) < 4.78 is 10.2. The van der Waals surface area contributed by atoms with Crippen molar-refractivity contribution in [2.24, 2.45) is 0 Å². The second kappa shape index (κ2) is 5.49. The zero-order chi connectivity index (χ0) is 13.0. The molecule has 1 aromatic heterocycles. The van der Waals surface area contributed by atoms with Gasteiger partial charge in [-0.25, -0.2) is 9.78 Å². The summed E-state index contributed by atoms with van der Waals surface area (Å²) in [5, 5.41) is 0. The van der Waals surface area contributed by atoms with E-state index in [0.29, 0.717) is 18.0 Å². The van der Waals surface area contributed by atoms with Crippen LogP contribution in [0.5, 0.6) is 0 Å². The van der Waals surface area contributed by atoms with E-state index in [1.165, 1.54) is 7.11 Å². The smallest absolute Gasteiger partial charge is 0.376 e. The number of ether oxygens (including phenoxy) is 1. The van der Waals surface area contributed by atoms with E-state index in [9.17, 15) is 4.79 Å². The molecule has 0 saturated carbocycles. The van der Waals surface area contributed by atoms with Crippen LogP contribution in [0.2, 0.25) is 0 Å². The SMILES string of the molecule is CCCc1nc(-c2ccccc2)oc1C(=O)OC. The van der Waals surface area contributed by atoms with Gasteiger partial charge in [-0.3, -0.25) is 0 Å². The van der Waals surface area contributed by atoms with Crippen LogP contribution in [-0.2, 0) is 11.2 Å². The van der Waals surface area contributed by atoms with Crippen molar-refractivity contribution in [2.45, 2.75) is 19.8 Å². The van der Waals surface area contributed by atoms with E-state index in [2.05, 4.69) is 4.98 Å².